The molecule has 10 nitrogen and oxygen atoms in total. The Balaban J connectivity index is 3.26. The van der Waals surface area contributed by atoms with Gasteiger partial charge in [-0.15, -0.1) is 0 Å². The molecule has 0 aliphatic heterocycles. The van der Waals surface area contributed by atoms with Gasteiger partial charge in [0.15, 0.2) is 12.3 Å². The van der Waals surface area contributed by atoms with Crippen molar-refractivity contribution in [2.75, 3.05) is 37.5 Å². The van der Waals surface area contributed by atoms with E-state index in [0.717, 1.165) is 11.3 Å². The predicted molar refractivity (Wildman–Crippen MR) is 101 cm³/mol. The Morgan fingerprint density at radius 3 is 2.63 bits per heavy atom. The lowest BCUT2D eigenvalue weighted by Gasteiger charge is -2.24. The molecular weight excluding hydrogens is 356 g/mol. The summed E-state index contributed by atoms with van der Waals surface area (Å²) in [6.07, 6.45) is 4.12. The van der Waals surface area contributed by atoms with Crippen molar-refractivity contribution < 1.29 is 19.1 Å². The molecular formula is C17H26N4O6. The summed E-state index contributed by atoms with van der Waals surface area (Å²) < 4.78 is 11.0. The van der Waals surface area contributed by atoms with Crippen molar-refractivity contribution in [1.82, 2.24) is 9.55 Å². The molecule has 0 aliphatic carbocycles. The van der Waals surface area contributed by atoms with Crippen molar-refractivity contribution in [2.24, 2.45) is 0 Å². The van der Waals surface area contributed by atoms with Gasteiger partial charge >= 0.3 is 11.7 Å². The summed E-state index contributed by atoms with van der Waals surface area (Å²) in [5, 5.41) is 0. The number of nitrogens with zero attached hydrogens (tertiary/aromatic N) is 2. The summed E-state index contributed by atoms with van der Waals surface area (Å²) in [4.78, 5) is 51.6. The van der Waals surface area contributed by atoms with E-state index in [1.165, 1.54) is 23.8 Å². The van der Waals surface area contributed by atoms with Crippen LogP contribution in [-0.4, -0.2) is 48.3 Å². The topological polar surface area (TPSA) is 137 Å². The highest BCUT2D eigenvalue weighted by Crippen LogP contribution is 2.17. The van der Waals surface area contributed by atoms with E-state index in [1.807, 2.05) is 6.92 Å². The number of aromatic nitrogens is 2. The monoisotopic (exact) mass is 382 g/mol. The molecule has 0 spiro atoms. The van der Waals surface area contributed by atoms with Gasteiger partial charge in [0, 0.05) is 26.3 Å². The van der Waals surface area contributed by atoms with E-state index >= 15 is 0 Å². The Labute approximate surface area is 156 Å². The van der Waals surface area contributed by atoms with Gasteiger partial charge in [0.05, 0.1) is 6.61 Å². The molecule has 0 aliphatic rings. The third-order valence-electron chi connectivity index (χ3n) is 3.68. The molecule has 0 fully saturated rings. The maximum absolute atomic E-state index is 12.5. The standard InChI is InChI=1S/C17H26N4O6/c1-4-6-8-21-15(18)14(16(24)19-17(21)25)20(9-10-26-3)12(22)11-27-13(23)7-5-2/h5,7H,4,6,8-11,18H2,1-3H3,(H,19,24,25)/b7-5+. The second kappa shape index (κ2) is 11.0. The summed E-state index contributed by atoms with van der Waals surface area (Å²) in [6.45, 7) is 3.40. The van der Waals surface area contributed by atoms with Gasteiger partial charge in [-0.2, -0.15) is 0 Å². The maximum Gasteiger partial charge on any atom is 0.330 e. The number of H-pyrrole nitrogens is 1. The highest BCUT2D eigenvalue weighted by Gasteiger charge is 2.24. The van der Waals surface area contributed by atoms with Crippen molar-refractivity contribution in [1.29, 1.82) is 0 Å². The maximum atomic E-state index is 12.5. The molecule has 1 heterocycles. The van der Waals surface area contributed by atoms with Crippen LogP contribution in [0.5, 0.6) is 0 Å². The molecule has 1 rings (SSSR count). The smallest absolute Gasteiger partial charge is 0.330 e. The Kier molecular flexibility index (Phi) is 9.00. The fraction of sp³-hybridized carbons (Fsp3) is 0.529. The van der Waals surface area contributed by atoms with E-state index in [2.05, 4.69) is 4.98 Å². The van der Waals surface area contributed by atoms with Crippen LogP contribution in [0.3, 0.4) is 0 Å². The largest absolute Gasteiger partial charge is 0.452 e. The molecule has 0 saturated carbocycles. The first-order chi connectivity index (χ1) is 12.9. The number of esters is 1. The Morgan fingerprint density at radius 1 is 1.33 bits per heavy atom. The van der Waals surface area contributed by atoms with E-state index in [-0.39, 0.29) is 24.7 Å². The number of rotatable bonds is 10. The molecule has 1 amide bonds. The van der Waals surface area contributed by atoms with E-state index in [1.54, 1.807) is 6.92 Å². The number of anilines is 2. The highest BCUT2D eigenvalue weighted by atomic mass is 16.5. The summed E-state index contributed by atoms with van der Waals surface area (Å²) in [7, 11) is 1.44. The summed E-state index contributed by atoms with van der Waals surface area (Å²) in [6, 6.07) is 0. The summed E-state index contributed by atoms with van der Waals surface area (Å²) in [5.41, 5.74) is 4.42. The number of methoxy groups -OCH3 is 1. The first kappa shape index (κ1) is 22.2. The van der Waals surface area contributed by atoms with Crippen molar-refractivity contribution in [3.8, 4) is 0 Å². The highest BCUT2D eigenvalue weighted by molar-refractivity contribution is 5.97. The first-order valence-corrected chi connectivity index (χ1v) is 8.58. The van der Waals surface area contributed by atoms with Crippen LogP contribution in [0.25, 0.3) is 0 Å². The molecule has 0 atom stereocenters. The van der Waals surface area contributed by atoms with Gasteiger partial charge in [-0.1, -0.05) is 19.4 Å². The lowest BCUT2D eigenvalue weighted by Crippen LogP contribution is -2.44. The number of allylic oxidation sites excluding steroid dienone is 1. The van der Waals surface area contributed by atoms with Gasteiger partial charge in [0.1, 0.15) is 5.82 Å². The molecule has 1 aromatic rings. The van der Waals surface area contributed by atoms with Gasteiger partial charge in [0.25, 0.3) is 11.5 Å². The zero-order valence-corrected chi connectivity index (χ0v) is 15.8. The van der Waals surface area contributed by atoms with Gasteiger partial charge in [0.2, 0.25) is 0 Å². The number of carbonyl (C=O) groups is 2. The second-order valence-electron chi connectivity index (χ2n) is 5.64. The Bertz CT molecular complexity index is 796. The Morgan fingerprint density at radius 2 is 2.04 bits per heavy atom. The number of nitrogens with two attached hydrogens (primary N) is 1. The fourth-order valence-electron chi connectivity index (χ4n) is 2.32. The molecule has 10 heteroatoms. The molecule has 27 heavy (non-hydrogen) atoms. The zero-order valence-electron chi connectivity index (χ0n) is 15.8. The lowest BCUT2D eigenvalue weighted by molar-refractivity contribution is -0.143. The number of carbonyl (C=O) groups excluding carboxylic acids is 2. The van der Waals surface area contributed by atoms with E-state index in [0.29, 0.717) is 13.0 Å². The summed E-state index contributed by atoms with van der Waals surface area (Å²) in [5.74, 6) is -1.48. The van der Waals surface area contributed by atoms with Crippen LogP contribution < -0.4 is 21.9 Å². The molecule has 3 N–H and O–H groups in total. The fourth-order valence-corrected chi connectivity index (χ4v) is 2.32. The van der Waals surface area contributed by atoms with Crippen molar-refractivity contribution in [2.45, 2.75) is 33.2 Å². The number of nitrogens with one attached hydrogen (secondary N) is 1. The quantitative estimate of drug-likeness (QED) is 0.430. The summed E-state index contributed by atoms with van der Waals surface area (Å²) >= 11 is 0. The normalized spacial score (nSPS) is 10.9. The van der Waals surface area contributed by atoms with Crippen LogP contribution >= 0.6 is 0 Å². The minimum Gasteiger partial charge on any atom is -0.452 e. The van der Waals surface area contributed by atoms with Crippen LogP contribution in [0.2, 0.25) is 0 Å². The molecule has 0 aromatic carbocycles. The van der Waals surface area contributed by atoms with Crippen LogP contribution in [0.1, 0.15) is 26.7 Å². The second-order valence-corrected chi connectivity index (χ2v) is 5.64. The van der Waals surface area contributed by atoms with Crippen molar-refractivity contribution in [3.63, 3.8) is 0 Å². The van der Waals surface area contributed by atoms with Gasteiger partial charge in [-0.05, 0) is 13.3 Å². The molecule has 1 aromatic heterocycles. The minimum atomic E-state index is -0.797. The number of nitrogen functional groups attached to an aromatic ring is 1. The minimum absolute atomic E-state index is 0.00420. The molecule has 0 bridgehead atoms. The molecule has 0 saturated heterocycles. The zero-order chi connectivity index (χ0) is 20.4. The molecule has 150 valence electrons. The van der Waals surface area contributed by atoms with Crippen LogP contribution in [-0.2, 0) is 25.6 Å². The van der Waals surface area contributed by atoms with Gasteiger partial charge < -0.3 is 15.2 Å². The number of aromatic amines is 1. The first-order valence-electron chi connectivity index (χ1n) is 8.58. The van der Waals surface area contributed by atoms with Gasteiger partial charge in [-0.25, -0.2) is 9.59 Å². The molecule has 0 radical (unpaired) electrons. The average molecular weight is 382 g/mol. The average Bonchev–Trinajstić information content (AvgIpc) is 2.62. The van der Waals surface area contributed by atoms with Crippen LogP contribution in [0.4, 0.5) is 11.5 Å². The van der Waals surface area contributed by atoms with E-state index in [9.17, 15) is 19.2 Å². The molecule has 0 unspecified atom stereocenters. The van der Waals surface area contributed by atoms with Crippen LogP contribution in [0.15, 0.2) is 21.7 Å². The number of unbranched alkanes of at least 4 members (excludes halogenated alkanes) is 1. The predicted octanol–water partition coefficient (Wildman–Crippen LogP) is 0.0176. The third kappa shape index (κ3) is 6.10. The number of ether oxygens (including phenoxy) is 2. The SMILES string of the molecule is C/C=C/C(=O)OCC(=O)N(CCOC)c1c(N)n(CCCC)c(=O)[nH]c1=O. The number of hydrogen-bond acceptors (Lipinski definition) is 7. The van der Waals surface area contributed by atoms with Crippen LogP contribution in [0, 0.1) is 0 Å². The lowest BCUT2D eigenvalue weighted by atomic mass is 10.3. The third-order valence-corrected chi connectivity index (χ3v) is 3.68. The van der Waals surface area contributed by atoms with Crippen molar-refractivity contribution >= 4 is 23.4 Å². The number of amides is 1. The van der Waals surface area contributed by atoms with E-state index in [4.69, 9.17) is 15.2 Å². The van der Waals surface area contributed by atoms with Gasteiger partial charge in [-0.3, -0.25) is 24.0 Å². The van der Waals surface area contributed by atoms with Crippen molar-refractivity contribution in [3.05, 3.63) is 33.0 Å². The van der Waals surface area contributed by atoms with E-state index < -0.39 is 29.7 Å². The number of hydrogen-bond donors (Lipinski definition) is 2. The Hall–Kier alpha value is -2.88.